The number of piperidine rings is 1. The van der Waals surface area contributed by atoms with Gasteiger partial charge in [-0.15, -0.1) is 0 Å². The monoisotopic (exact) mass is 328 g/mol. The van der Waals surface area contributed by atoms with Crippen molar-refractivity contribution >= 4 is 5.91 Å². The summed E-state index contributed by atoms with van der Waals surface area (Å²) in [5, 5.41) is 0. The van der Waals surface area contributed by atoms with Gasteiger partial charge in [0.25, 0.3) is 5.91 Å². The number of hydrogen-bond donors (Lipinski definition) is 0. The summed E-state index contributed by atoms with van der Waals surface area (Å²) in [6.07, 6.45) is 2.05. The van der Waals surface area contributed by atoms with Crippen molar-refractivity contribution in [3.05, 3.63) is 47.9 Å². The van der Waals surface area contributed by atoms with Crippen molar-refractivity contribution in [2.24, 2.45) is 5.92 Å². The summed E-state index contributed by atoms with van der Waals surface area (Å²) in [6.45, 7) is 3.74. The molecule has 126 valence electrons. The second kappa shape index (κ2) is 6.99. The molecule has 24 heavy (non-hydrogen) atoms. The van der Waals surface area contributed by atoms with E-state index >= 15 is 0 Å². The molecule has 0 spiro atoms. The van der Waals surface area contributed by atoms with E-state index in [1.165, 1.54) is 13.2 Å². The van der Waals surface area contributed by atoms with Crippen LogP contribution in [0.5, 0.6) is 5.75 Å². The van der Waals surface area contributed by atoms with E-state index in [2.05, 4.69) is 11.9 Å². The largest absolute Gasteiger partial charge is 0.494 e. The zero-order valence-electron chi connectivity index (χ0n) is 14.0. The average Bonchev–Trinajstić information content (AvgIpc) is 2.62. The van der Waals surface area contributed by atoms with Gasteiger partial charge >= 0.3 is 0 Å². The van der Waals surface area contributed by atoms with Crippen LogP contribution in [0.1, 0.15) is 30.3 Å². The predicted molar refractivity (Wildman–Crippen MR) is 90.5 cm³/mol. The maximum atomic E-state index is 13.9. The highest BCUT2D eigenvalue weighted by Gasteiger charge is 2.22. The summed E-state index contributed by atoms with van der Waals surface area (Å²) >= 11 is 0. The Balaban J connectivity index is 1.84. The maximum absolute atomic E-state index is 13.9. The number of rotatable bonds is 3. The molecule has 4 nitrogen and oxygen atoms in total. The summed E-state index contributed by atoms with van der Waals surface area (Å²) in [5.74, 6) is 0.348. The number of hydrogen-bond acceptors (Lipinski definition) is 3. The number of pyridine rings is 1. The molecule has 2 heterocycles. The minimum atomic E-state index is -0.446. The van der Waals surface area contributed by atoms with E-state index in [1.807, 2.05) is 4.90 Å². The molecule has 1 fully saturated rings. The normalized spacial score (nSPS) is 15.4. The van der Waals surface area contributed by atoms with Gasteiger partial charge in [0.1, 0.15) is 5.69 Å². The molecule has 1 aromatic carbocycles. The van der Waals surface area contributed by atoms with Gasteiger partial charge in [0.05, 0.1) is 12.8 Å². The zero-order valence-corrected chi connectivity index (χ0v) is 14.0. The minimum Gasteiger partial charge on any atom is -0.494 e. The van der Waals surface area contributed by atoms with E-state index in [0.717, 1.165) is 25.9 Å². The fraction of sp³-hybridized carbons (Fsp3) is 0.368. The molecule has 2 aromatic rings. The van der Waals surface area contributed by atoms with E-state index in [-0.39, 0.29) is 11.7 Å². The number of benzene rings is 1. The Kier molecular flexibility index (Phi) is 4.79. The Morgan fingerprint density at radius 3 is 2.67 bits per heavy atom. The van der Waals surface area contributed by atoms with Gasteiger partial charge < -0.3 is 9.64 Å². The third-order valence-electron chi connectivity index (χ3n) is 4.49. The lowest BCUT2D eigenvalue weighted by Gasteiger charge is -2.30. The standard InChI is InChI=1S/C19H21FN2O2/c1-13-8-10-22(11-9-13)19(23)17-5-3-4-16(21-17)14-6-7-18(24-2)15(20)12-14/h3-7,12-13H,8-11H2,1-2H3. The van der Waals surface area contributed by atoms with Gasteiger partial charge in [0.15, 0.2) is 11.6 Å². The molecule has 1 aromatic heterocycles. The molecule has 0 atom stereocenters. The van der Waals surface area contributed by atoms with Crippen LogP contribution < -0.4 is 4.74 Å². The average molecular weight is 328 g/mol. The summed E-state index contributed by atoms with van der Waals surface area (Å²) < 4.78 is 18.8. The molecule has 0 saturated carbocycles. The van der Waals surface area contributed by atoms with Crippen LogP contribution in [0.25, 0.3) is 11.3 Å². The van der Waals surface area contributed by atoms with E-state index in [0.29, 0.717) is 22.9 Å². The van der Waals surface area contributed by atoms with Crippen molar-refractivity contribution in [2.45, 2.75) is 19.8 Å². The predicted octanol–water partition coefficient (Wildman–Crippen LogP) is 3.77. The summed E-state index contributed by atoms with van der Waals surface area (Å²) in [6, 6.07) is 9.94. The van der Waals surface area contributed by atoms with Crippen LogP contribution in [-0.2, 0) is 0 Å². The molecule has 0 radical (unpaired) electrons. The Bertz CT molecular complexity index is 740. The SMILES string of the molecule is COc1ccc(-c2cccc(C(=O)N3CCC(C)CC3)n2)cc1F. The number of carbonyl (C=O) groups excluding carboxylic acids is 1. The van der Waals surface area contributed by atoms with Crippen LogP contribution >= 0.6 is 0 Å². The zero-order chi connectivity index (χ0) is 17.1. The molecule has 5 heteroatoms. The van der Waals surface area contributed by atoms with Gasteiger partial charge in [-0.05, 0) is 49.1 Å². The third-order valence-corrected chi connectivity index (χ3v) is 4.49. The second-order valence-corrected chi connectivity index (χ2v) is 6.23. The first kappa shape index (κ1) is 16.4. The van der Waals surface area contributed by atoms with E-state index < -0.39 is 5.82 Å². The summed E-state index contributed by atoms with van der Waals surface area (Å²) in [4.78, 5) is 18.9. The summed E-state index contributed by atoms with van der Waals surface area (Å²) in [5.41, 5.74) is 1.60. The topological polar surface area (TPSA) is 42.4 Å². The number of nitrogens with zero attached hydrogens (tertiary/aromatic N) is 2. The molecule has 0 N–H and O–H groups in total. The van der Waals surface area contributed by atoms with Crippen LogP contribution in [0.2, 0.25) is 0 Å². The number of amides is 1. The Morgan fingerprint density at radius 2 is 2.00 bits per heavy atom. The van der Waals surface area contributed by atoms with Crippen LogP contribution in [0, 0.1) is 11.7 Å². The summed E-state index contributed by atoms with van der Waals surface area (Å²) in [7, 11) is 1.43. The van der Waals surface area contributed by atoms with Crippen LogP contribution in [-0.4, -0.2) is 36.0 Å². The first-order valence-corrected chi connectivity index (χ1v) is 8.18. The van der Waals surface area contributed by atoms with Gasteiger partial charge in [-0.1, -0.05) is 13.0 Å². The highest BCUT2D eigenvalue weighted by molar-refractivity contribution is 5.93. The lowest BCUT2D eigenvalue weighted by atomic mass is 9.99. The number of carbonyl (C=O) groups is 1. The maximum Gasteiger partial charge on any atom is 0.272 e. The van der Waals surface area contributed by atoms with Crippen molar-refractivity contribution in [1.82, 2.24) is 9.88 Å². The molecule has 1 saturated heterocycles. The Morgan fingerprint density at radius 1 is 1.25 bits per heavy atom. The molecule has 3 rings (SSSR count). The van der Waals surface area contributed by atoms with Crippen molar-refractivity contribution < 1.29 is 13.9 Å². The highest BCUT2D eigenvalue weighted by atomic mass is 19.1. The molecule has 1 amide bonds. The third kappa shape index (κ3) is 3.40. The van der Waals surface area contributed by atoms with Gasteiger partial charge in [0, 0.05) is 18.7 Å². The molecular weight excluding hydrogens is 307 g/mol. The minimum absolute atomic E-state index is 0.0577. The van der Waals surface area contributed by atoms with Crippen molar-refractivity contribution in [2.75, 3.05) is 20.2 Å². The second-order valence-electron chi connectivity index (χ2n) is 6.23. The number of methoxy groups -OCH3 is 1. The van der Waals surface area contributed by atoms with E-state index in [1.54, 1.807) is 30.3 Å². The Labute approximate surface area is 141 Å². The first-order chi connectivity index (χ1) is 11.6. The first-order valence-electron chi connectivity index (χ1n) is 8.18. The van der Waals surface area contributed by atoms with Gasteiger partial charge in [0.2, 0.25) is 0 Å². The van der Waals surface area contributed by atoms with Gasteiger partial charge in [-0.2, -0.15) is 0 Å². The molecule has 1 aliphatic heterocycles. The molecule has 0 aliphatic carbocycles. The smallest absolute Gasteiger partial charge is 0.272 e. The van der Waals surface area contributed by atoms with E-state index in [9.17, 15) is 9.18 Å². The fourth-order valence-corrected chi connectivity index (χ4v) is 2.91. The van der Waals surface area contributed by atoms with E-state index in [4.69, 9.17) is 4.74 Å². The quantitative estimate of drug-likeness (QED) is 0.861. The van der Waals surface area contributed by atoms with Crippen molar-refractivity contribution in [3.63, 3.8) is 0 Å². The van der Waals surface area contributed by atoms with Crippen LogP contribution in [0.15, 0.2) is 36.4 Å². The fourth-order valence-electron chi connectivity index (χ4n) is 2.91. The Hall–Kier alpha value is -2.43. The lowest BCUT2D eigenvalue weighted by Crippen LogP contribution is -2.38. The number of likely N-dealkylation sites (tertiary alicyclic amines) is 1. The van der Waals surface area contributed by atoms with Gasteiger partial charge in [-0.3, -0.25) is 4.79 Å². The lowest BCUT2D eigenvalue weighted by molar-refractivity contribution is 0.0691. The molecule has 0 unspecified atom stereocenters. The molecule has 1 aliphatic rings. The van der Waals surface area contributed by atoms with Crippen molar-refractivity contribution in [3.8, 4) is 17.0 Å². The molecule has 0 bridgehead atoms. The highest BCUT2D eigenvalue weighted by Crippen LogP contribution is 2.25. The van der Waals surface area contributed by atoms with Crippen LogP contribution in [0.3, 0.4) is 0 Å². The van der Waals surface area contributed by atoms with Gasteiger partial charge in [-0.25, -0.2) is 9.37 Å². The van der Waals surface area contributed by atoms with Crippen molar-refractivity contribution in [1.29, 1.82) is 0 Å². The molecular formula is C19H21FN2O2. The number of ether oxygens (including phenoxy) is 1. The van der Waals surface area contributed by atoms with Crippen LogP contribution in [0.4, 0.5) is 4.39 Å². The number of aromatic nitrogens is 1. The number of halogens is 1.